The van der Waals surface area contributed by atoms with Crippen molar-refractivity contribution in [2.75, 3.05) is 6.61 Å². The lowest BCUT2D eigenvalue weighted by atomic mass is 10.0. The number of fused-ring (bicyclic) bond motifs is 1. The van der Waals surface area contributed by atoms with E-state index in [0.29, 0.717) is 11.8 Å². The number of hydrogen-bond acceptors (Lipinski definition) is 3. The van der Waals surface area contributed by atoms with Crippen LogP contribution in [0.1, 0.15) is 29.9 Å². The van der Waals surface area contributed by atoms with Crippen LogP contribution in [0.3, 0.4) is 0 Å². The topological polar surface area (TPSA) is 35.0 Å². The molecular formula is C14H12ClIN2O. The standard InChI is InChI=1S/C14H12ClIN2O/c1-2-10-12(16)13(15)18-14(17-10)9-7-19-11-6-4-3-5-8(9)11/h3-6,9H,2,7H2,1H3. The van der Waals surface area contributed by atoms with Crippen LogP contribution in [-0.4, -0.2) is 16.6 Å². The zero-order valence-corrected chi connectivity index (χ0v) is 13.3. The molecule has 0 aliphatic carbocycles. The number of hydrogen-bond donors (Lipinski definition) is 0. The van der Waals surface area contributed by atoms with Gasteiger partial charge in [-0.25, -0.2) is 9.97 Å². The number of para-hydroxylation sites is 1. The zero-order chi connectivity index (χ0) is 13.4. The van der Waals surface area contributed by atoms with E-state index in [0.717, 1.165) is 32.8 Å². The van der Waals surface area contributed by atoms with E-state index in [1.165, 1.54) is 0 Å². The maximum absolute atomic E-state index is 6.20. The van der Waals surface area contributed by atoms with Gasteiger partial charge in [-0.2, -0.15) is 0 Å². The van der Waals surface area contributed by atoms with E-state index in [9.17, 15) is 0 Å². The number of rotatable bonds is 2. The summed E-state index contributed by atoms with van der Waals surface area (Å²) in [5, 5.41) is 0.534. The smallest absolute Gasteiger partial charge is 0.146 e. The summed E-state index contributed by atoms with van der Waals surface area (Å²) in [4.78, 5) is 9.08. The lowest BCUT2D eigenvalue weighted by Gasteiger charge is -2.11. The van der Waals surface area contributed by atoms with Crippen molar-refractivity contribution in [3.8, 4) is 5.75 Å². The largest absolute Gasteiger partial charge is 0.492 e. The molecule has 3 rings (SSSR count). The van der Waals surface area contributed by atoms with Crippen LogP contribution in [-0.2, 0) is 6.42 Å². The first kappa shape index (κ1) is 13.1. The average Bonchev–Trinajstić information content (AvgIpc) is 2.85. The fourth-order valence-corrected chi connectivity index (χ4v) is 3.07. The molecule has 1 aromatic carbocycles. The van der Waals surface area contributed by atoms with E-state index in [-0.39, 0.29) is 5.92 Å². The van der Waals surface area contributed by atoms with Gasteiger partial charge in [-0.05, 0) is 35.1 Å². The van der Waals surface area contributed by atoms with Crippen LogP contribution in [0.4, 0.5) is 0 Å². The number of ether oxygens (including phenoxy) is 1. The van der Waals surface area contributed by atoms with Crippen LogP contribution in [0, 0.1) is 3.57 Å². The molecule has 0 saturated carbocycles. The van der Waals surface area contributed by atoms with Gasteiger partial charge in [0.2, 0.25) is 0 Å². The van der Waals surface area contributed by atoms with Crippen molar-refractivity contribution in [1.29, 1.82) is 0 Å². The summed E-state index contributed by atoms with van der Waals surface area (Å²) in [6.45, 7) is 2.66. The van der Waals surface area contributed by atoms with Crippen LogP contribution in [0.15, 0.2) is 24.3 Å². The van der Waals surface area contributed by atoms with E-state index in [1.54, 1.807) is 0 Å². The van der Waals surface area contributed by atoms with Gasteiger partial charge < -0.3 is 4.74 Å². The highest BCUT2D eigenvalue weighted by Gasteiger charge is 2.28. The van der Waals surface area contributed by atoms with Crippen molar-refractivity contribution in [3.63, 3.8) is 0 Å². The minimum Gasteiger partial charge on any atom is -0.492 e. The normalized spacial score (nSPS) is 17.1. The monoisotopic (exact) mass is 386 g/mol. The molecule has 0 radical (unpaired) electrons. The molecule has 3 nitrogen and oxygen atoms in total. The molecule has 19 heavy (non-hydrogen) atoms. The van der Waals surface area contributed by atoms with Crippen molar-refractivity contribution in [2.24, 2.45) is 0 Å². The second kappa shape index (κ2) is 5.25. The summed E-state index contributed by atoms with van der Waals surface area (Å²) in [7, 11) is 0. The third kappa shape index (κ3) is 2.31. The van der Waals surface area contributed by atoms with Crippen LogP contribution >= 0.6 is 34.2 Å². The van der Waals surface area contributed by atoms with Crippen molar-refractivity contribution in [1.82, 2.24) is 9.97 Å². The first-order chi connectivity index (χ1) is 9.20. The van der Waals surface area contributed by atoms with Crippen LogP contribution in [0.25, 0.3) is 0 Å². The Balaban J connectivity index is 2.07. The minimum atomic E-state index is 0.0796. The van der Waals surface area contributed by atoms with Crippen molar-refractivity contribution < 1.29 is 4.74 Å². The highest BCUT2D eigenvalue weighted by molar-refractivity contribution is 14.1. The van der Waals surface area contributed by atoms with E-state index in [4.69, 9.17) is 16.3 Å². The van der Waals surface area contributed by atoms with Gasteiger partial charge in [0.1, 0.15) is 23.3 Å². The third-order valence-corrected chi connectivity index (χ3v) is 4.97. The first-order valence-electron chi connectivity index (χ1n) is 6.14. The summed E-state index contributed by atoms with van der Waals surface area (Å²) in [5.41, 5.74) is 2.14. The Labute approximate surface area is 130 Å². The highest BCUT2D eigenvalue weighted by atomic mass is 127. The highest BCUT2D eigenvalue weighted by Crippen LogP contribution is 2.37. The maximum atomic E-state index is 6.20. The van der Waals surface area contributed by atoms with E-state index < -0.39 is 0 Å². The van der Waals surface area contributed by atoms with Gasteiger partial charge in [-0.15, -0.1) is 0 Å². The Morgan fingerprint density at radius 1 is 1.37 bits per heavy atom. The second-order valence-corrected chi connectivity index (χ2v) is 5.83. The van der Waals surface area contributed by atoms with E-state index >= 15 is 0 Å². The molecule has 1 aliphatic heterocycles. The molecule has 2 aromatic rings. The molecule has 0 amide bonds. The molecule has 0 bridgehead atoms. The number of aromatic nitrogens is 2. The van der Waals surface area contributed by atoms with Crippen LogP contribution < -0.4 is 4.74 Å². The van der Waals surface area contributed by atoms with Gasteiger partial charge in [-0.3, -0.25) is 0 Å². The van der Waals surface area contributed by atoms with E-state index in [2.05, 4.69) is 45.5 Å². The van der Waals surface area contributed by atoms with Crippen LogP contribution in [0.2, 0.25) is 5.15 Å². The van der Waals surface area contributed by atoms with E-state index in [1.807, 2.05) is 18.2 Å². The van der Waals surface area contributed by atoms with Crippen molar-refractivity contribution in [3.05, 3.63) is 50.1 Å². The first-order valence-corrected chi connectivity index (χ1v) is 7.60. The van der Waals surface area contributed by atoms with Crippen LogP contribution in [0.5, 0.6) is 5.75 Å². The summed E-state index contributed by atoms with van der Waals surface area (Å²) in [6, 6.07) is 8.02. The Morgan fingerprint density at radius 3 is 2.95 bits per heavy atom. The van der Waals surface area contributed by atoms with Gasteiger partial charge in [0.05, 0.1) is 15.2 Å². The van der Waals surface area contributed by atoms with Gasteiger partial charge >= 0.3 is 0 Å². The summed E-state index contributed by atoms with van der Waals surface area (Å²) in [6.07, 6.45) is 0.850. The molecule has 0 fully saturated rings. The Morgan fingerprint density at radius 2 is 2.16 bits per heavy atom. The maximum Gasteiger partial charge on any atom is 0.146 e. The van der Waals surface area contributed by atoms with Gasteiger partial charge in [-0.1, -0.05) is 36.7 Å². The number of halogens is 2. The molecule has 1 atom stereocenters. The minimum absolute atomic E-state index is 0.0796. The predicted octanol–water partition coefficient (Wildman–Crippen LogP) is 3.82. The molecule has 0 saturated heterocycles. The molecule has 1 aromatic heterocycles. The average molecular weight is 387 g/mol. The quantitative estimate of drug-likeness (QED) is 0.581. The Kier molecular flexibility index (Phi) is 3.62. The number of benzene rings is 1. The second-order valence-electron chi connectivity index (χ2n) is 4.39. The molecule has 0 N–H and O–H groups in total. The molecule has 98 valence electrons. The fourth-order valence-electron chi connectivity index (χ4n) is 2.25. The predicted molar refractivity (Wildman–Crippen MR) is 82.9 cm³/mol. The molecular weight excluding hydrogens is 375 g/mol. The van der Waals surface area contributed by atoms with Gasteiger partial charge in [0.25, 0.3) is 0 Å². The molecule has 5 heteroatoms. The fraction of sp³-hybridized carbons (Fsp3) is 0.286. The van der Waals surface area contributed by atoms with Gasteiger partial charge in [0, 0.05) is 5.56 Å². The summed E-state index contributed by atoms with van der Waals surface area (Å²) < 4.78 is 6.63. The molecule has 1 unspecified atom stereocenters. The molecule has 2 heterocycles. The summed E-state index contributed by atoms with van der Waals surface area (Å²) >= 11 is 8.40. The van der Waals surface area contributed by atoms with Gasteiger partial charge in [0.15, 0.2) is 0 Å². The summed E-state index contributed by atoms with van der Waals surface area (Å²) in [5.74, 6) is 1.76. The zero-order valence-electron chi connectivity index (χ0n) is 10.4. The lowest BCUT2D eigenvalue weighted by molar-refractivity contribution is 0.339. The molecule has 0 spiro atoms. The number of nitrogens with zero attached hydrogens (tertiary/aromatic N) is 2. The number of aryl methyl sites for hydroxylation is 1. The van der Waals surface area contributed by atoms with Crippen molar-refractivity contribution >= 4 is 34.2 Å². The van der Waals surface area contributed by atoms with Crippen molar-refractivity contribution in [2.45, 2.75) is 19.3 Å². The Hall–Kier alpha value is -0.880. The SMILES string of the molecule is CCc1nc(C2COc3ccccc32)nc(Cl)c1I. The Bertz CT molecular complexity index is 633. The lowest BCUT2D eigenvalue weighted by Crippen LogP contribution is -2.11. The molecule has 1 aliphatic rings. The third-order valence-electron chi connectivity index (χ3n) is 3.24.